The summed E-state index contributed by atoms with van der Waals surface area (Å²) in [5.74, 6) is 0.0696. The number of hydrogen-bond acceptors (Lipinski definition) is 4. The average molecular weight is 418 g/mol. The smallest absolute Gasteiger partial charge is 0.262 e. The van der Waals surface area contributed by atoms with Crippen molar-refractivity contribution < 1.29 is 9.53 Å². The highest BCUT2D eigenvalue weighted by Gasteiger charge is 2.10. The first-order valence-corrected chi connectivity index (χ1v) is 9.63. The molecule has 1 N–H and O–H groups in total. The Morgan fingerprint density at radius 1 is 1.22 bits per heavy atom. The van der Waals surface area contributed by atoms with Crippen LogP contribution in [0.3, 0.4) is 0 Å². The fraction of sp³-hybridized carbons (Fsp3) is 0.0526. The molecule has 0 aliphatic carbocycles. The molecule has 0 atom stereocenters. The van der Waals surface area contributed by atoms with Gasteiger partial charge in [0.05, 0.1) is 10.7 Å². The van der Waals surface area contributed by atoms with Crippen LogP contribution in [0.4, 0.5) is 5.69 Å². The van der Waals surface area contributed by atoms with Gasteiger partial charge in [-0.15, -0.1) is 11.3 Å². The molecule has 0 fully saturated rings. The van der Waals surface area contributed by atoms with Crippen molar-refractivity contribution in [1.29, 1.82) is 0 Å². The van der Waals surface area contributed by atoms with E-state index in [1.54, 1.807) is 29.5 Å². The van der Waals surface area contributed by atoms with Crippen molar-refractivity contribution in [2.45, 2.75) is 0 Å². The minimum absolute atomic E-state index is 0.176. The highest BCUT2D eigenvalue weighted by Crippen LogP contribution is 2.31. The lowest BCUT2D eigenvalue weighted by Gasteiger charge is -2.10. The Morgan fingerprint density at radius 3 is 2.93 bits per heavy atom. The van der Waals surface area contributed by atoms with Crippen molar-refractivity contribution in [3.63, 3.8) is 0 Å². The Balaban J connectivity index is 1.44. The topological polar surface area (TPSA) is 55.6 Å². The first-order valence-electron chi connectivity index (χ1n) is 7.99. The largest absolute Gasteiger partial charge is 0.482 e. The predicted molar refractivity (Wildman–Crippen MR) is 109 cm³/mol. The van der Waals surface area contributed by atoms with E-state index >= 15 is 0 Å². The van der Waals surface area contributed by atoms with E-state index in [-0.39, 0.29) is 17.5 Å². The molecule has 0 bridgehead atoms. The molecule has 0 saturated carbocycles. The Hall–Kier alpha value is -2.54. The van der Waals surface area contributed by atoms with E-state index < -0.39 is 0 Å². The Labute approximate surface area is 169 Å². The SMILES string of the molecule is O=C(COc1cccc(Cl)c1Cl)Nc1cccc(-c2cn3ccsc3n2)c1. The number of aromatic nitrogens is 2. The standard InChI is InChI=1S/C19H13Cl2N3O2S/c20-14-5-2-6-16(18(14)21)26-11-17(25)22-13-4-1-3-12(9-13)15-10-24-7-8-27-19(24)23-15/h1-10H,11H2,(H,22,25). The summed E-state index contributed by atoms with van der Waals surface area (Å²) < 4.78 is 7.42. The number of amides is 1. The van der Waals surface area contributed by atoms with Crippen LogP contribution in [0.25, 0.3) is 16.2 Å². The number of hydrogen-bond donors (Lipinski definition) is 1. The van der Waals surface area contributed by atoms with Crippen molar-refractivity contribution >= 4 is 51.1 Å². The molecule has 2 heterocycles. The van der Waals surface area contributed by atoms with Crippen LogP contribution >= 0.6 is 34.5 Å². The van der Waals surface area contributed by atoms with Gasteiger partial charge < -0.3 is 10.1 Å². The van der Waals surface area contributed by atoms with Gasteiger partial charge in [-0.3, -0.25) is 9.20 Å². The predicted octanol–water partition coefficient (Wildman–Crippen LogP) is 5.39. The van der Waals surface area contributed by atoms with Gasteiger partial charge in [-0.05, 0) is 24.3 Å². The second-order valence-corrected chi connectivity index (χ2v) is 7.35. The maximum absolute atomic E-state index is 12.2. The monoisotopic (exact) mass is 417 g/mol. The van der Waals surface area contributed by atoms with E-state index in [0.717, 1.165) is 16.2 Å². The summed E-state index contributed by atoms with van der Waals surface area (Å²) in [6.45, 7) is -0.176. The first kappa shape index (κ1) is 17.9. The summed E-state index contributed by atoms with van der Waals surface area (Å²) in [7, 11) is 0. The fourth-order valence-corrected chi connectivity index (χ4v) is 3.61. The number of ether oxygens (including phenoxy) is 1. The zero-order chi connectivity index (χ0) is 18.8. The van der Waals surface area contributed by atoms with Crippen LogP contribution in [0.5, 0.6) is 5.75 Å². The van der Waals surface area contributed by atoms with Crippen LogP contribution in [0.2, 0.25) is 10.0 Å². The highest BCUT2D eigenvalue weighted by atomic mass is 35.5. The number of fused-ring (bicyclic) bond motifs is 1. The molecule has 0 saturated heterocycles. The zero-order valence-electron chi connectivity index (χ0n) is 13.9. The number of nitrogens with zero attached hydrogens (tertiary/aromatic N) is 2. The molecule has 0 radical (unpaired) electrons. The molecule has 8 heteroatoms. The number of rotatable bonds is 5. The van der Waals surface area contributed by atoms with E-state index in [2.05, 4.69) is 10.3 Å². The summed E-state index contributed by atoms with van der Waals surface area (Å²) >= 11 is 13.6. The molecule has 4 aromatic rings. The third-order valence-electron chi connectivity index (χ3n) is 3.81. The van der Waals surface area contributed by atoms with Crippen molar-refractivity contribution in [3.05, 3.63) is 70.3 Å². The Kier molecular flexibility index (Phi) is 5.03. The van der Waals surface area contributed by atoms with Gasteiger partial charge in [0.25, 0.3) is 5.91 Å². The van der Waals surface area contributed by atoms with Crippen molar-refractivity contribution in [3.8, 4) is 17.0 Å². The number of nitrogens with one attached hydrogen (secondary N) is 1. The molecule has 136 valence electrons. The van der Waals surface area contributed by atoms with Crippen LogP contribution in [0.1, 0.15) is 0 Å². The molecule has 0 spiro atoms. The van der Waals surface area contributed by atoms with E-state index in [9.17, 15) is 4.79 Å². The number of carbonyl (C=O) groups excluding carboxylic acids is 1. The quantitative estimate of drug-likeness (QED) is 0.473. The van der Waals surface area contributed by atoms with Crippen molar-refractivity contribution in [2.24, 2.45) is 0 Å². The van der Waals surface area contributed by atoms with Gasteiger partial charge in [0.2, 0.25) is 0 Å². The number of imidazole rings is 1. The lowest BCUT2D eigenvalue weighted by Crippen LogP contribution is -2.20. The third kappa shape index (κ3) is 3.93. The maximum atomic E-state index is 12.2. The van der Waals surface area contributed by atoms with E-state index in [1.807, 2.05) is 46.4 Å². The maximum Gasteiger partial charge on any atom is 0.262 e. The lowest BCUT2D eigenvalue weighted by atomic mass is 10.1. The number of thiazole rings is 1. The van der Waals surface area contributed by atoms with Crippen LogP contribution in [0, 0.1) is 0 Å². The Morgan fingerprint density at radius 2 is 2.07 bits per heavy atom. The summed E-state index contributed by atoms with van der Waals surface area (Å²) in [6.07, 6.45) is 3.91. The van der Waals surface area contributed by atoms with Crippen LogP contribution < -0.4 is 10.1 Å². The summed E-state index contributed by atoms with van der Waals surface area (Å²) in [6, 6.07) is 12.5. The van der Waals surface area contributed by atoms with Gasteiger partial charge in [0.15, 0.2) is 11.6 Å². The number of anilines is 1. The number of halogens is 2. The minimum Gasteiger partial charge on any atom is -0.482 e. The van der Waals surface area contributed by atoms with E-state index in [1.165, 1.54) is 0 Å². The molecule has 1 amide bonds. The summed E-state index contributed by atoms with van der Waals surface area (Å²) in [4.78, 5) is 17.7. The molecule has 5 nitrogen and oxygen atoms in total. The zero-order valence-corrected chi connectivity index (χ0v) is 16.2. The second-order valence-electron chi connectivity index (χ2n) is 5.69. The third-order valence-corrected chi connectivity index (χ3v) is 5.38. The van der Waals surface area contributed by atoms with E-state index in [4.69, 9.17) is 27.9 Å². The van der Waals surface area contributed by atoms with Gasteiger partial charge in [-0.1, -0.05) is 41.4 Å². The molecule has 0 aliphatic heterocycles. The number of benzene rings is 2. The highest BCUT2D eigenvalue weighted by molar-refractivity contribution is 7.15. The van der Waals surface area contributed by atoms with Crippen molar-refractivity contribution in [2.75, 3.05) is 11.9 Å². The van der Waals surface area contributed by atoms with Crippen LogP contribution in [0.15, 0.2) is 60.2 Å². The van der Waals surface area contributed by atoms with Crippen LogP contribution in [-0.2, 0) is 4.79 Å². The molecule has 2 aromatic heterocycles. The van der Waals surface area contributed by atoms with Gasteiger partial charge in [-0.25, -0.2) is 4.98 Å². The molecule has 4 rings (SSSR count). The molecule has 2 aromatic carbocycles. The fourth-order valence-electron chi connectivity index (χ4n) is 2.56. The molecule has 27 heavy (non-hydrogen) atoms. The Bertz CT molecular complexity index is 1090. The number of carbonyl (C=O) groups is 1. The minimum atomic E-state index is -0.297. The second kappa shape index (κ2) is 7.60. The van der Waals surface area contributed by atoms with Gasteiger partial charge in [0.1, 0.15) is 10.8 Å². The van der Waals surface area contributed by atoms with Gasteiger partial charge in [0, 0.05) is 29.0 Å². The molecular formula is C19H13Cl2N3O2S. The first-order chi connectivity index (χ1) is 13.1. The van der Waals surface area contributed by atoms with Gasteiger partial charge >= 0.3 is 0 Å². The van der Waals surface area contributed by atoms with Gasteiger partial charge in [-0.2, -0.15) is 0 Å². The summed E-state index contributed by atoms with van der Waals surface area (Å²) in [5.41, 5.74) is 2.43. The molecule has 0 aliphatic rings. The lowest BCUT2D eigenvalue weighted by molar-refractivity contribution is -0.118. The normalized spacial score (nSPS) is 10.9. The van der Waals surface area contributed by atoms with Crippen LogP contribution in [-0.4, -0.2) is 21.9 Å². The molecule has 0 unspecified atom stereocenters. The average Bonchev–Trinajstić information content (AvgIpc) is 3.25. The summed E-state index contributed by atoms with van der Waals surface area (Å²) in [5, 5.41) is 5.46. The van der Waals surface area contributed by atoms with Crippen molar-refractivity contribution in [1.82, 2.24) is 9.38 Å². The van der Waals surface area contributed by atoms with E-state index in [0.29, 0.717) is 16.5 Å². The molecular weight excluding hydrogens is 405 g/mol.